The molecule has 4 aliphatic carbocycles. The SMILES string of the molecule is CC(C)Oc1c([C@H](C)C2CC2)cc(-c2cc([C@H](C)C3CC3)c(O)c([C@H](C)C3CC3)c2)cc1[C@H](C)C1CC1. The molecule has 4 fully saturated rings. The van der Waals surface area contributed by atoms with Gasteiger partial charge in [0.15, 0.2) is 0 Å². The van der Waals surface area contributed by atoms with Gasteiger partial charge in [-0.05, 0) is 170 Å². The number of hydrogen-bond acceptors (Lipinski definition) is 2. The Morgan fingerprint density at radius 3 is 1.14 bits per heavy atom. The summed E-state index contributed by atoms with van der Waals surface area (Å²) in [4.78, 5) is 0. The number of benzene rings is 2. The zero-order valence-corrected chi connectivity index (χ0v) is 24.0. The Balaban J connectivity index is 1.52. The summed E-state index contributed by atoms with van der Waals surface area (Å²) in [5.74, 6) is 6.65. The Morgan fingerprint density at radius 2 is 0.838 bits per heavy atom. The van der Waals surface area contributed by atoms with Crippen molar-refractivity contribution in [3.05, 3.63) is 46.5 Å². The third-order valence-electron chi connectivity index (χ3n) is 10.3. The molecule has 200 valence electrons. The lowest BCUT2D eigenvalue weighted by atomic mass is 9.82. The van der Waals surface area contributed by atoms with Crippen LogP contribution in [0.3, 0.4) is 0 Å². The van der Waals surface area contributed by atoms with Crippen molar-refractivity contribution in [3.8, 4) is 22.6 Å². The number of hydrogen-bond donors (Lipinski definition) is 1. The Bertz CT molecular complexity index is 1070. The molecule has 0 unspecified atom stereocenters. The Morgan fingerprint density at radius 1 is 0.541 bits per heavy atom. The van der Waals surface area contributed by atoms with E-state index in [9.17, 15) is 5.11 Å². The van der Waals surface area contributed by atoms with E-state index in [1.807, 2.05) is 0 Å². The van der Waals surface area contributed by atoms with Crippen LogP contribution in [0.15, 0.2) is 24.3 Å². The van der Waals surface area contributed by atoms with Gasteiger partial charge in [-0.1, -0.05) is 27.7 Å². The van der Waals surface area contributed by atoms with E-state index in [1.54, 1.807) is 0 Å². The maximum atomic E-state index is 11.5. The quantitative estimate of drug-likeness (QED) is 0.332. The second-order valence-electron chi connectivity index (χ2n) is 13.7. The third kappa shape index (κ3) is 5.19. The fourth-order valence-corrected chi connectivity index (χ4v) is 6.83. The monoisotopic (exact) mass is 500 g/mol. The minimum atomic E-state index is 0.173. The van der Waals surface area contributed by atoms with Crippen molar-refractivity contribution >= 4 is 0 Å². The zero-order chi connectivity index (χ0) is 26.0. The van der Waals surface area contributed by atoms with Crippen LogP contribution in [0.2, 0.25) is 0 Å². The van der Waals surface area contributed by atoms with E-state index in [0.29, 0.717) is 29.4 Å². The summed E-state index contributed by atoms with van der Waals surface area (Å²) >= 11 is 0. The molecule has 0 radical (unpaired) electrons. The average Bonchev–Trinajstić information content (AvgIpc) is 3.74. The molecule has 37 heavy (non-hydrogen) atoms. The molecule has 2 aromatic rings. The molecule has 0 aliphatic heterocycles. The van der Waals surface area contributed by atoms with Crippen molar-refractivity contribution in [1.82, 2.24) is 0 Å². The van der Waals surface area contributed by atoms with Crippen molar-refractivity contribution in [2.24, 2.45) is 23.7 Å². The van der Waals surface area contributed by atoms with Crippen molar-refractivity contribution < 1.29 is 9.84 Å². The van der Waals surface area contributed by atoms with Crippen molar-refractivity contribution in [2.75, 3.05) is 0 Å². The summed E-state index contributed by atoms with van der Waals surface area (Å²) < 4.78 is 6.65. The highest BCUT2D eigenvalue weighted by Crippen LogP contribution is 2.54. The van der Waals surface area contributed by atoms with E-state index in [-0.39, 0.29) is 6.10 Å². The molecule has 1 N–H and O–H groups in total. The molecule has 6 rings (SSSR count). The van der Waals surface area contributed by atoms with Gasteiger partial charge < -0.3 is 9.84 Å². The number of rotatable bonds is 11. The second kappa shape index (κ2) is 9.65. The van der Waals surface area contributed by atoms with Crippen LogP contribution in [0.4, 0.5) is 0 Å². The van der Waals surface area contributed by atoms with Gasteiger partial charge in [-0.25, -0.2) is 0 Å². The van der Waals surface area contributed by atoms with Gasteiger partial charge in [0.25, 0.3) is 0 Å². The number of phenolic OH excluding ortho intramolecular Hbond substituents is 1. The summed E-state index contributed by atoms with van der Waals surface area (Å²) in [6.45, 7) is 13.9. The molecule has 4 saturated carbocycles. The molecule has 2 aromatic carbocycles. The smallest absolute Gasteiger partial charge is 0.126 e. The summed E-state index contributed by atoms with van der Waals surface area (Å²) in [6, 6.07) is 9.62. The first-order chi connectivity index (χ1) is 17.7. The predicted octanol–water partition coefficient (Wildman–Crippen LogP) is 9.90. The van der Waals surface area contributed by atoms with Crippen LogP contribution >= 0.6 is 0 Å². The summed E-state index contributed by atoms with van der Waals surface area (Å²) in [5, 5.41) is 11.5. The number of phenols is 1. The highest BCUT2D eigenvalue weighted by atomic mass is 16.5. The van der Waals surface area contributed by atoms with Crippen LogP contribution in [-0.2, 0) is 0 Å². The lowest BCUT2D eigenvalue weighted by molar-refractivity contribution is 0.234. The fraction of sp³-hybridized carbons (Fsp3) is 0.657. The van der Waals surface area contributed by atoms with Gasteiger partial charge in [0.05, 0.1) is 6.10 Å². The first-order valence-corrected chi connectivity index (χ1v) is 15.4. The molecule has 2 nitrogen and oxygen atoms in total. The first-order valence-electron chi connectivity index (χ1n) is 15.4. The van der Waals surface area contributed by atoms with E-state index in [1.165, 1.54) is 90.5 Å². The largest absolute Gasteiger partial charge is 0.507 e. The van der Waals surface area contributed by atoms with Gasteiger partial charge in [-0.3, -0.25) is 0 Å². The van der Waals surface area contributed by atoms with Crippen LogP contribution in [0.1, 0.15) is 139 Å². The third-order valence-corrected chi connectivity index (χ3v) is 10.3. The molecule has 0 amide bonds. The summed E-state index contributed by atoms with van der Waals surface area (Å²) in [7, 11) is 0. The number of aromatic hydroxyl groups is 1. The molecular weight excluding hydrogens is 452 g/mol. The van der Waals surface area contributed by atoms with Crippen LogP contribution in [0.5, 0.6) is 11.5 Å². The van der Waals surface area contributed by atoms with E-state index in [2.05, 4.69) is 65.8 Å². The van der Waals surface area contributed by atoms with Crippen molar-refractivity contribution in [3.63, 3.8) is 0 Å². The molecule has 0 spiro atoms. The maximum Gasteiger partial charge on any atom is 0.126 e. The van der Waals surface area contributed by atoms with Crippen LogP contribution in [0.25, 0.3) is 11.1 Å². The summed E-state index contributed by atoms with van der Waals surface area (Å²) in [5.41, 5.74) is 7.81. The van der Waals surface area contributed by atoms with Crippen molar-refractivity contribution in [1.29, 1.82) is 0 Å². The lowest BCUT2D eigenvalue weighted by Crippen LogP contribution is -2.13. The lowest BCUT2D eigenvalue weighted by Gasteiger charge is -2.27. The van der Waals surface area contributed by atoms with Crippen LogP contribution in [0, 0.1) is 23.7 Å². The topological polar surface area (TPSA) is 29.5 Å². The average molecular weight is 501 g/mol. The van der Waals surface area contributed by atoms with Gasteiger partial charge in [-0.15, -0.1) is 0 Å². The van der Waals surface area contributed by atoms with Gasteiger partial charge in [0.1, 0.15) is 11.5 Å². The molecule has 0 aromatic heterocycles. The minimum absolute atomic E-state index is 0.173. The first kappa shape index (κ1) is 25.3. The molecule has 2 heteroatoms. The predicted molar refractivity (Wildman–Crippen MR) is 154 cm³/mol. The summed E-state index contributed by atoms with van der Waals surface area (Å²) in [6.07, 6.45) is 10.7. The van der Waals surface area contributed by atoms with E-state index < -0.39 is 0 Å². The van der Waals surface area contributed by atoms with Gasteiger partial charge in [0, 0.05) is 0 Å². The standard InChI is InChI=1S/C35H48O2/c1-19(2)37-35-32(22(5)26-11-12-26)17-29(18-33(35)23(6)27-13-14-27)28-15-30(20(3)24-7-8-24)34(36)31(16-28)21(4)25-9-10-25/h15-27,36H,7-14H2,1-6H3/t20-,21-,22-,23-/m1/s1. The maximum absolute atomic E-state index is 11.5. The minimum Gasteiger partial charge on any atom is -0.507 e. The molecule has 0 heterocycles. The molecule has 4 aliphatic rings. The van der Waals surface area contributed by atoms with Gasteiger partial charge in [0.2, 0.25) is 0 Å². The van der Waals surface area contributed by atoms with Crippen molar-refractivity contribution in [2.45, 2.75) is 123 Å². The Labute approximate surface area is 225 Å². The zero-order valence-electron chi connectivity index (χ0n) is 24.0. The Hall–Kier alpha value is -1.96. The fourth-order valence-electron chi connectivity index (χ4n) is 6.83. The molecule has 0 saturated heterocycles. The van der Waals surface area contributed by atoms with E-state index in [4.69, 9.17) is 4.74 Å². The van der Waals surface area contributed by atoms with Gasteiger partial charge in [-0.2, -0.15) is 0 Å². The van der Waals surface area contributed by atoms with E-state index >= 15 is 0 Å². The molecule has 4 atom stereocenters. The molecule has 0 bridgehead atoms. The van der Waals surface area contributed by atoms with Crippen LogP contribution in [-0.4, -0.2) is 11.2 Å². The molecular formula is C35H48O2. The Kier molecular flexibility index (Phi) is 6.61. The van der Waals surface area contributed by atoms with Gasteiger partial charge >= 0.3 is 0 Å². The number of ether oxygens (including phenoxy) is 1. The van der Waals surface area contributed by atoms with Crippen LogP contribution < -0.4 is 4.74 Å². The normalized spacial score (nSPS) is 23.1. The highest BCUT2D eigenvalue weighted by Gasteiger charge is 2.37. The van der Waals surface area contributed by atoms with E-state index in [0.717, 1.165) is 23.7 Å². The second-order valence-corrected chi connectivity index (χ2v) is 13.7. The highest BCUT2D eigenvalue weighted by molar-refractivity contribution is 5.72.